The van der Waals surface area contributed by atoms with Gasteiger partial charge in [0.2, 0.25) is 5.78 Å². The van der Waals surface area contributed by atoms with Gasteiger partial charge >= 0.3 is 11.9 Å². The van der Waals surface area contributed by atoms with Crippen LogP contribution >= 0.6 is 0 Å². The van der Waals surface area contributed by atoms with E-state index in [2.05, 4.69) is 4.74 Å². The lowest BCUT2D eigenvalue weighted by Gasteiger charge is -2.09. The minimum absolute atomic E-state index is 0.0126. The Morgan fingerprint density at radius 1 is 1.11 bits per heavy atom. The van der Waals surface area contributed by atoms with Crippen molar-refractivity contribution in [2.45, 2.75) is 33.2 Å². The highest BCUT2D eigenvalue weighted by atomic mass is 16.5. The lowest BCUT2D eigenvalue weighted by Crippen LogP contribution is -2.15. The van der Waals surface area contributed by atoms with Crippen molar-refractivity contribution in [1.82, 2.24) is 4.57 Å². The number of phenolic OH excluding ortho intramolecular Hbond substituents is 1. The second kappa shape index (κ2) is 9.02. The summed E-state index contributed by atoms with van der Waals surface area (Å²) in [5.41, 5.74) is 2.11. The number of aryl methyl sites for hydroxylation is 1. The van der Waals surface area contributed by atoms with Crippen LogP contribution in [0.1, 0.15) is 44.9 Å². The van der Waals surface area contributed by atoms with Crippen molar-refractivity contribution >= 4 is 17.7 Å². The van der Waals surface area contributed by atoms with E-state index in [0.717, 1.165) is 11.4 Å². The van der Waals surface area contributed by atoms with Gasteiger partial charge in [0.15, 0.2) is 6.61 Å². The fourth-order valence-corrected chi connectivity index (χ4v) is 2.84. The molecule has 27 heavy (non-hydrogen) atoms. The average molecular weight is 373 g/mol. The molecule has 0 saturated heterocycles. The number of ether oxygens (including phenoxy) is 2. The molecule has 1 aromatic carbocycles. The van der Waals surface area contributed by atoms with Gasteiger partial charge in [-0.05, 0) is 38.5 Å². The first-order valence-electron chi connectivity index (χ1n) is 8.57. The Balaban J connectivity index is 2.00. The summed E-state index contributed by atoms with van der Waals surface area (Å²) < 4.78 is 11.6. The predicted octanol–water partition coefficient (Wildman–Crippen LogP) is 2.80. The number of aromatic nitrogens is 1. The maximum absolute atomic E-state index is 12.5. The third kappa shape index (κ3) is 4.97. The van der Waals surface area contributed by atoms with E-state index >= 15 is 0 Å². The van der Waals surface area contributed by atoms with E-state index in [4.69, 9.17) is 4.74 Å². The smallest absolute Gasteiger partial charge is 0.342 e. The molecule has 0 atom stereocenters. The average Bonchev–Trinajstić information content (AvgIpc) is 2.94. The Bertz CT molecular complexity index is 852. The Morgan fingerprint density at radius 3 is 2.48 bits per heavy atom. The van der Waals surface area contributed by atoms with Gasteiger partial charge in [0, 0.05) is 29.9 Å². The molecule has 7 heteroatoms. The van der Waals surface area contributed by atoms with Crippen molar-refractivity contribution in [2.75, 3.05) is 13.7 Å². The number of methoxy groups -OCH3 is 1. The molecule has 0 unspecified atom stereocenters. The van der Waals surface area contributed by atoms with Gasteiger partial charge < -0.3 is 19.1 Å². The van der Waals surface area contributed by atoms with Crippen LogP contribution in [0.15, 0.2) is 30.3 Å². The number of rotatable bonds is 8. The zero-order valence-electron chi connectivity index (χ0n) is 15.7. The summed E-state index contributed by atoms with van der Waals surface area (Å²) in [7, 11) is 1.35. The second-order valence-electron chi connectivity index (χ2n) is 6.13. The van der Waals surface area contributed by atoms with Gasteiger partial charge in [-0.1, -0.05) is 12.1 Å². The van der Waals surface area contributed by atoms with Gasteiger partial charge in [-0.3, -0.25) is 9.59 Å². The summed E-state index contributed by atoms with van der Waals surface area (Å²) in [6.45, 7) is 3.84. The number of nitrogens with zero attached hydrogens (tertiary/aromatic N) is 1. The van der Waals surface area contributed by atoms with Crippen LogP contribution in [0, 0.1) is 13.8 Å². The van der Waals surface area contributed by atoms with E-state index < -0.39 is 12.6 Å². The fraction of sp³-hybridized carbons (Fsp3) is 0.350. The number of benzene rings is 1. The van der Waals surface area contributed by atoms with E-state index in [1.807, 2.05) is 18.4 Å². The highest BCUT2D eigenvalue weighted by Gasteiger charge is 2.19. The Morgan fingerprint density at radius 2 is 1.81 bits per heavy atom. The Labute approximate surface area is 157 Å². The molecule has 7 nitrogen and oxygen atoms in total. The van der Waals surface area contributed by atoms with Crippen LogP contribution in [-0.2, 0) is 20.8 Å². The number of carbonyl (C=O) groups excluding carboxylic acids is 3. The molecule has 0 fully saturated rings. The lowest BCUT2D eigenvalue weighted by atomic mass is 10.1. The van der Waals surface area contributed by atoms with Gasteiger partial charge in [-0.25, -0.2) is 4.79 Å². The largest absolute Gasteiger partial charge is 0.507 e. The van der Waals surface area contributed by atoms with Crippen molar-refractivity contribution in [3.63, 3.8) is 0 Å². The van der Waals surface area contributed by atoms with E-state index in [1.54, 1.807) is 18.2 Å². The molecule has 0 bridgehead atoms. The van der Waals surface area contributed by atoms with E-state index in [0.29, 0.717) is 24.9 Å². The van der Waals surface area contributed by atoms with Gasteiger partial charge in [-0.15, -0.1) is 0 Å². The number of para-hydroxylation sites is 1. The Hall–Kier alpha value is -3.09. The predicted molar refractivity (Wildman–Crippen MR) is 97.9 cm³/mol. The SMILES string of the molecule is COC(=O)CCCn1c(C)cc(C(=O)COC(=O)c2ccccc2O)c1C. The van der Waals surface area contributed by atoms with E-state index in [1.165, 1.54) is 19.2 Å². The molecule has 0 amide bonds. The number of phenols is 1. The van der Waals surface area contributed by atoms with Crippen molar-refractivity contribution in [3.05, 3.63) is 52.8 Å². The van der Waals surface area contributed by atoms with Crippen LogP contribution in [0.25, 0.3) is 0 Å². The van der Waals surface area contributed by atoms with Crippen LogP contribution in [0.5, 0.6) is 5.75 Å². The van der Waals surface area contributed by atoms with Gasteiger partial charge in [0.05, 0.1) is 7.11 Å². The van der Waals surface area contributed by atoms with Crippen LogP contribution in [-0.4, -0.2) is 41.1 Å². The Kier molecular flexibility index (Phi) is 6.76. The second-order valence-corrected chi connectivity index (χ2v) is 6.13. The molecule has 0 spiro atoms. The van der Waals surface area contributed by atoms with E-state index in [-0.39, 0.29) is 23.1 Å². The van der Waals surface area contributed by atoms with Crippen molar-refractivity contribution < 1.29 is 29.0 Å². The molecular formula is C20H23NO6. The number of esters is 2. The van der Waals surface area contributed by atoms with Gasteiger partial charge in [0.1, 0.15) is 11.3 Å². The maximum Gasteiger partial charge on any atom is 0.342 e. The standard InChI is InChI=1S/C20H23NO6/c1-13-11-16(14(2)21(13)10-6-9-19(24)26-3)18(23)12-27-20(25)15-7-4-5-8-17(15)22/h4-5,7-8,11,22H,6,9-10,12H2,1-3H3. The molecule has 1 aromatic heterocycles. The first-order valence-corrected chi connectivity index (χ1v) is 8.57. The van der Waals surface area contributed by atoms with Crippen LogP contribution in [0.3, 0.4) is 0 Å². The number of Topliss-reactive ketones (excluding diaryl/α,β-unsaturated/α-hetero) is 1. The topological polar surface area (TPSA) is 94.8 Å². The van der Waals surface area contributed by atoms with Crippen molar-refractivity contribution in [2.24, 2.45) is 0 Å². The number of hydrogen-bond donors (Lipinski definition) is 1. The fourth-order valence-electron chi connectivity index (χ4n) is 2.84. The summed E-state index contributed by atoms with van der Waals surface area (Å²) in [6.07, 6.45) is 0.897. The van der Waals surface area contributed by atoms with Gasteiger partial charge in [-0.2, -0.15) is 0 Å². The molecule has 0 aliphatic heterocycles. The van der Waals surface area contributed by atoms with Crippen molar-refractivity contribution in [1.29, 1.82) is 0 Å². The van der Waals surface area contributed by atoms with Crippen LogP contribution in [0.4, 0.5) is 0 Å². The molecule has 0 radical (unpaired) electrons. The molecule has 1 heterocycles. The third-order valence-electron chi connectivity index (χ3n) is 4.32. The van der Waals surface area contributed by atoms with Crippen LogP contribution < -0.4 is 0 Å². The van der Waals surface area contributed by atoms with Crippen molar-refractivity contribution in [3.8, 4) is 5.75 Å². The summed E-state index contributed by atoms with van der Waals surface area (Å²) in [6, 6.07) is 7.73. The molecule has 2 rings (SSSR count). The lowest BCUT2D eigenvalue weighted by molar-refractivity contribution is -0.140. The molecule has 1 N–H and O–H groups in total. The molecule has 144 valence electrons. The number of ketones is 1. The molecule has 0 aliphatic rings. The quantitative estimate of drug-likeness (QED) is 0.565. The zero-order chi connectivity index (χ0) is 20.0. The maximum atomic E-state index is 12.5. The minimum atomic E-state index is -0.756. The summed E-state index contributed by atoms with van der Waals surface area (Å²) >= 11 is 0. The molecule has 0 saturated carbocycles. The number of aromatic hydroxyl groups is 1. The number of hydrogen-bond acceptors (Lipinski definition) is 6. The van der Waals surface area contributed by atoms with E-state index in [9.17, 15) is 19.5 Å². The first-order chi connectivity index (χ1) is 12.8. The van der Waals surface area contributed by atoms with Gasteiger partial charge in [0.25, 0.3) is 0 Å². The van der Waals surface area contributed by atoms with Crippen LogP contribution in [0.2, 0.25) is 0 Å². The highest BCUT2D eigenvalue weighted by molar-refractivity contribution is 6.00. The summed E-state index contributed by atoms with van der Waals surface area (Å²) in [5, 5.41) is 9.66. The minimum Gasteiger partial charge on any atom is -0.507 e. The molecular weight excluding hydrogens is 350 g/mol. The number of carbonyl (C=O) groups is 3. The zero-order valence-corrected chi connectivity index (χ0v) is 15.7. The molecule has 0 aliphatic carbocycles. The molecule has 2 aromatic rings. The monoisotopic (exact) mass is 373 g/mol. The first kappa shape index (κ1) is 20.2. The summed E-state index contributed by atoms with van der Waals surface area (Å²) in [4.78, 5) is 35.7. The highest BCUT2D eigenvalue weighted by Crippen LogP contribution is 2.19. The normalized spacial score (nSPS) is 10.5. The summed E-state index contributed by atoms with van der Waals surface area (Å²) in [5.74, 6) is -1.55. The third-order valence-corrected chi connectivity index (χ3v) is 4.32.